The molecule has 0 heterocycles. The number of fused-ring (bicyclic) bond motifs is 1. The third-order valence-electron chi connectivity index (χ3n) is 3.40. The molecule has 0 aliphatic rings. The normalized spacial score (nSPS) is 11.9. The highest BCUT2D eigenvalue weighted by molar-refractivity contribution is 6.03. The molecule has 2 amide bonds. The highest BCUT2D eigenvalue weighted by Crippen LogP contribution is 2.22. The van der Waals surface area contributed by atoms with E-state index in [9.17, 15) is 9.59 Å². The molecule has 2 rings (SSSR count). The van der Waals surface area contributed by atoms with Crippen LogP contribution in [0.5, 0.6) is 0 Å². The fourth-order valence-electron chi connectivity index (χ4n) is 2.07. The van der Waals surface area contributed by atoms with Crippen molar-refractivity contribution in [2.45, 2.75) is 13.0 Å². The van der Waals surface area contributed by atoms with Crippen LogP contribution < -0.4 is 16.0 Å². The van der Waals surface area contributed by atoms with Crippen LogP contribution in [0.25, 0.3) is 10.8 Å². The van der Waals surface area contributed by atoms with Crippen LogP contribution in [0.4, 0.5) is 5.69 Å². The van der Waals surface area contributed by atoms with E-state index in [4.69, 9.17) is 0 Å². The number of nitrogens with one attached hydrogen (secondary N) is 2. The van der Waals surface area contributed by atoms with Crippen LogP contribution >= 0.6 is 0 Å². The van der Waals surface area contributed by atoms with Crippen molar-refractivity contribution in [2.75, 3.05) is 18.9 Å². The summed E-state index contributed by atoms with van der Waals surface area (Å²) in [5.74, 6) is -0.213. The van der Waals surface area contributed by atoms with Gasteiger partial charge in [-0.05, 0) is 18.4 Å². The molecule has 0 saturated heterocycles. The minimum Gasteiger partial charge on any atom is -0.354 e. The van der Waals surface area contributed by atoms with E-state index in [1.54, 1.807) is 19.3 Å². The summed E-state index contributed by atoms with van der Waals surface area (Å²) >= 11 is 0. The number of nitrogens with two attached hydrogens (primary N) is 1. The molecule has 0 aliphatic heterocycles. The maximum absolute atomic E-state index is 12.2. The summed E-state index contributed by atoms with van der Waals surface area (Å²) in [7, 11) is 1.58. The lowest BCUT2D eigenvalue weighted by molar-refractivity contribution is -0.662. The molecular weight excluding hydrogens is 266 g/mol. The molecule has 0 spiro atoms. The molecule has 21 heavy (non-hydrogen) atoms. The van der Waals surface area contributed by atoms with E-state index in [0.717, 1.165) is 16.5 Å². The van der Waals surface area contributed by atoms with Crippen molar-refractivity contribution < 1.29 is 14.9 Å². The van der Waals surface area contributed by atoms with Gasteiger partial charge in [0.25, 0.3) is 11.8 Å². The zero-order valence-electron chi connectivity index (χ0n) is 12.2. The van der Waals surface area contributed by atoms with Gasteiger partial charge in [-0.15, -0.1) is 0 Å². The lowest BCUT2D eigenvalue weighted by atomic mass is 10.1. The Labute approximate surface area is 123 Å². The van der Waals surface area contributed by atoms with E-state index in [0.29, 0.717) is 0 Å². The fraction of sp³-hybridized carbons (Fsp3) is 0.250. The predicted molar refractivity (Wildman–Crippen MR) is 82.9 cm³/mol. The van der Waals surface area contributed by atoms with Crippen molar-refractivity contribution in [1.82, 2.24) is 5.32 Å². The molecule has 2 aromatic rings. The number of amides is 2. The number of likely N-dealkylation sites (N-methyl/N-ethyl adjacent to an activating group) is 1. The molecule has 2 aromatic carbocycles. The average Bonchev–Trinajstić information content (AvgIpc) is 2.52. The molecule has 110 valence electrons. The maximum atomic E-state index is 12.2. The van der Waals surface area contributed by atoms with Gasteiger partial charge >= 0.3 is 0 Å². The van der Waals surface area contributed by atoms with Crippen LogP contribution in [0.1, 0.15) is 6.92 Å². The minimum absolute atomic E-state index is 0.0974. The van der Waals surface area contributed by atoms with Gasteiger partial charge in [0.15, 0.2) is 12.6 Å². The highest BCUT2D eigenvalue weighted by Gasteiger charge is 2.17. The molecule has 5 nitrogen and oxygen atoms in total. The Bertz CT molecular complexity index is 650. The van der Waals surface area contributed by atoms with E-state index in [1.165, 1.54) is 0 Å². The fourth-order valence-corrected chi connectivity index (χ4v) is 2.07. The van der Waals surface area contributed by atoms with Gasteiger partial charge in [0.2, 0.25) is 0 Å². The van der Waals surface area contributed by atoms with Gasteiger partial charge in [-0.2, -0.15) is 0 Å². The zero-order valence-corrected chi connectivity index (χ0v) is 12.2. The van der Waals surface area contributed by atoms with Crippen molar-refractivity contribution in [1.29, 1.82) is 0 Å². The second kappa shape index (κ2) is 6.85. The van der Waals surface area contributed by atoms with E-state index < -0.39 is 0 Å². The molecule has 5 heteroatoms. The topological polar surface area (TPSA) is 74.8 Å². The number of quaternary nitrogens is 1. The summed E-state index contributed by atoms with van der Waals surface area (Å²) in [6.07, 6.45) is 0. The van der Waals surface area contributed by atoms with Crippen LogP contribution in [0.3, 0.4) is 0 Å². The van der Waals surface area contributed by atoms with Crippen molar-refractivity contribution in [3.63, 3.8) is 0 Å². The second-order valence-corrected chi connectivity index (χ2v) is 4.92. The van der Waals surface area contributed by atoms with Crippen LogP contribution in [-0.4, -0.2) is 31.4 Å². The lowest BCUT2D eigenvalue weighted by Crippen LogP contribution is -2.93. The molecule has 0 radical (unpaired) electrons. The predicted octanol–water partition coefficient (Wildman–Crippen LogP) is 0.476. The first-order valence-corrected chi connectivity index (χ1v) is 6.94. The summed E-state index contributed by atoms with van der Waals surface area (Å²) < 4.78 is 0. The van der Waals surface area contributed by atoms with Crippen molar-refractivity contribution in [3.05, 3.63) is 42.5 Å². The Morgan fingerprint density at radius 2 is 1.86 bits per heavy atom. The quantitative estimate of drug-likeness (QED) is 0.748. The maximum Gasteiger partial charge on any atom is 0.282 e. The van der Waals surface area contributed by atoms with E-state index in [1.807, 2.05) is 42.5 Å². The number of rotatable bonds is 5. The molecule has 4 N–H and O–H groups in total. The first-order chi connectivity index (χ1) is 10.1. The Kier molecular flexibility index (Phi) is 4.90. The molecule has 0 unspecified atom stereocenters. The standard InChI is InChI=1S/C16H19N3O2/c1-11(18-10-15(20)17-2)16(21)19-14-9-5-7-12-6-3-4-8-13(12)14/h3-9,11,18H,10H2,1-2H3,(H,17,20)(H,19,21)/p+1/t11-/m1/s1. The smallest absolute Gasteiger partial charge is 0.282 e. The number of hydrogen-bond acceptors (Lipinski definition) is 2. The van der Waals surface area contributed by atoms with Crippen LogP contribution in [0.2, 0.25) is 0 Å². The molecule has 0 aliphatic carbocycles. The first-order valence-electron chi connectivity index (χ1n) is 6.94. The van der Waals surface area contributed by atoms with Gasteiger partial charge in [0.1, 0.15) is 0 Å². The number of anilines is 1. The summed E-state index contributed by atoms with van der Waals surface area (Å²) in [6, 6.07) is 13.4. The van der Waals surface area contributed by atoms with Gasteiger partial charge in [-0.3, -0.25) is 9.59 Å². The minimum atomic E-state index is -0.332. The molecule has 0 aromatic heterocycles. The van der Waals surface area contributed by atoms with Gasteiger partial charge in [0.05, 0.1) is 0 Å². The molecule has 1 atom stereocenters. The van der Waals surface area contributed by atoms with Crippen molar-refractivity contribution >= 4 is 28.3 Å². The third kappa shape index (κ3) is 3.79. The van der Waals surface area contributed by atoms with E-state index in [2.05, 4.69) is 10.6 Å². The van der Waals surface area contributed by atoms with E-state index in [-0.39, 0.29) is 24.4 Å². The Balaban J connectivity index is 2.06. The molecule has 0 fully saturated rings. The highest BCUT2D eigenvalue weighted by atomic mass is 16.2. The van der Waals surface area contributed by atoms with Gasteiger partial charge in [-0.25, -0.2) is 0 Å². The SMILES string of the molecule is CNC(=O)C[NH2+][C@H](C)C(=O)Nc1cccc2ccccc12. The first kappa shape index (κ1) is 15.0. The summed E-state index contributed by atoms with van der Waals surface area (Å²) in [4.78, 5) is 23.4. The largest absolute Gasteiger partial charge is 0.354 e. The van der Waals surface area contributed by atoms with Gasteiger partial charge in [0, 0.05) is 18.1 Å². The number of benzene rings is 2. The summed E-state index contributed by atoms with van der Waals surface area (Å²) in [5, 5.41) is 9.25. The molecular formula is C16H20N3O2+. The van der Waals surface area contributed by atoms with Crippen molar-refractivity contribution in [3.8, 4) is 0 Å². The van der Waals surface area contributed by atoms with E-state index >= 15 is 0 Å². The number of carbonyl (C=O) groups is 2. The van der Waals surface area contributed by atoms with Crippen LogP contribution in [0.15, 0.2) is 42.5 Å². The van der Waals surface area contributed by atoms with Gasteiger partial charge in [-0.1, -0.05) is 36.4 Å². The number of carbonyl (C=O) groups excluding carboxylic acids is 2. The molecule has 0 saturated carbocycles. The Morgan fingerprint density at radius 3 is 2.62 bits per heavy atom. The van der Waals surface area contributed by atoms with Crippen LogP contribution in [-0.2, 0) is 9.59 Å². The molecule has 0 bridgehead atoms. The zero-order chi connectivity index (χ0) is 15.2. The second-order valence-electron chi connectivity index (χ2n) is 4.92. The summed E-state index contributed by atoms with van der Waals surface area (Å²) in [5.41, 5.74) is 0.790. The van der Waals surface area contributed by atoms with Crippen molar-refractivity contribution in [2.24, 2.45) is 0 Å². The Morgan fingerprint density at radius 1 is 1.14 bits per heavy atom. The lowest BCUT2D eigenvalue weighted by Gasteiger charge is -2.12. The monoisotopic (exact) mass is 286 g/mol. The number of hydrogen-bond donors (Lipinski definition) is 3. The summed E-state index contributed by atoms with van der Waals surface area (Å²) in [6.45, 7) is 2.02. The van der Waals surface area contributed by atoms with Crippen LogP contribution in [0, 0.1) is 0 Å². The average molecular weight is 286 g/mol. The Hall–Kier alpha value is -2.40. The van der Waals surface area contributed by atoms with Gasteiger partial charge < -0.3 is 16.0 Å². The third-order valence-corrected chi connectivity index (χ3v) is 3.40.